The molecule has 0 spiro atoms. The van der Waals surface area contributed by atoms with Crippen LogP contribution in [0.4, 0.5) is 0 Å². The van der Waals surface area contributed by atoms with Crippen LogP contribution in [0.3, 0.4) is 0 Å². The number of likely N-dealkylation sites (tertiary alicyclic amines) is 1. The predicted molar refractivity (Wildman–Crippen MR) is 116 cm³/mol. The van der Waals surface area contributed by atoms with Gasteiger partial charge in [-0.25, -0.2) is 4.98 Å². The van der Waals surface area contributed by atoms with E-state index in [9.17, 15) is 5.11 Å². The third-order valence-corrected chi connectivity index (χ3v) is 6.93. The number of hydrogen-bond acceptors (Lipinski definition) is 7. The van der Waals surface area contributed by atoms with Crippen LogP contribution in [0.15, 0.2) is 42.5 Å². The van der Waals surface area contributed by atoms with Crippen LogP contribution < -0.4 is 9.47 Å². The first-order valence-electron chi connectivity index (χ1n) is 10.5. The Balaban J connectivity index is 1.05. The third-order valence-electron chi connectivity index (χ3n) is 5.73. The smallest absolute Gasteiger partial charge is 0.231 e. The SMILES string of the molecule is O[C@H](COCc1ccc2c(c1)OCO2)CN1CCC(c2nc3ccccc3s2)CC1. The van der Waals surface area contributed by atoms with Gasteiger partial charge in [0.2, 0.25) is 6.79 Å². The molecule has 7 heteroatoms. The first-order valence-corrected chi connectivity index (χ1v) is 11.3. The summed E-state index contributed by atoms with van der Waals surface area (Å²) >= 11 is 1.82. The Morgan fingerprint density at radius 2 is 1.97 bits per heavy atom. The summed E-state index contributed by atoms with van der Waals surface area (Å²) in [6.45, 7) is 3.67. The Bertz CT molecular complexity index is 967. The normalized spacial score (nSPS) is 18.2. The van der Waals surface area contributed by atoms with Gasteiger partial charge in [0.05, 0.1) is 34.5 Å². The lowest BCUT2D eigenvalue weighted by Crippen LogP contribution is -2.39. The van der Waals surface area contributed by atoms with Crippen molar-refractivity contribution in [1.82, 2.24) is 9.88 Å². The van der Waals surface area contributed by atoms with Gasteiger partial charge in [-0.15, -0.1) is 11.3 Å². The second-order valence-corrected chi connectivity index (χ2v) is 9.01. The fourth-order valence-electron chi connectivity index (χ4n) is 4.12. The molecule has 5 rings (SSSR count). The standard InChI is InChI=1S/C23H26N2O4S/c26-18(14-27-13-16-5-6-20-21(11-16)29-15-28-20)12-25-9-7-17(8-10-25)23-24-19-3-1-2-4-22(19)30-23/h1-6,11,17-18,26H,7-10,12-15H2/t18-/m0/s1. The number of rotatable bonds is 7. The summed E-state index contributed by atoms with van der Waals surface area (Å²) in [5.74, 6) is 2.05. The summed E-state index contributed by atoms with van der Waals surface area (Å²) in [4.78, 5) is 7.16. The Morgan fingerprint density at radius 3 is 2.83 bits per heavy atom. The van der Waals surface area contributed by atoms with Crippen molar-refractivity contribution in [2.45, 2.75) is 31.5 Å². The second-order valence-electron chi connectivity index (χ2n) is 7.95. The molecule has 2 aliphatic rings. The van der Waals surface area contributed by atoms with Gasteiger partial charge in [0.15, 0.2) is 11.5 Å². The summed E-state index contributed by atoms with van der Waals surface area (Å²) in [7, 11) is 0. The van der Waals surface area contributed by atoms with Crippen LogP contribution in [0.25, 0.3) is 10.2 Å². The number of aromatic nitrogens is 1. The highest BCUT2D eigenvalue weighted by molar-refractivity contribution is 7.18. The average molecular weight is 427 g/mol. The summed E-state index contributed by atoms with van der Waals surface area (Å²) < 4.78 is 17.7. The van der Waals surface area contributed by atoms with Crippen LogP contribution in [-0.2, 0) is 11.3 Å². The highest BCUT2D eigenvalue weighted by atomic mass is 32.1. The number of piperidine rings is 1. The number of para-hydroxylation sites is 1. The molecule has 1 saturated heterocycles. The zero-order valence-corrected chi connectivity index (χ0v) is 17.6. The number of aliphatic hydroxyl groups is 1. The van der Waals surface area contributed by atoms with Crippen molar-refractivity contribution >= 4 is 21.6 Å². The van der Waals surface area contributed by atoms with E-state index >= 15 is 0 Å². The molecule has 6 nitrogen and oxygen atoms in total. The summed E-state index contributed by atoms with van der Waals surface area (Å²) in [5, 5.41) is 11.6. The lowest BCUT2D eigenvalue weighted by molar-refractivity contribution is 0.00619. The van der Waals surface area contributed by atoms with E-state index in [1.54, 1.807) is 0 Å². The first-order chi connectivity index (χ1) is 14.7. The maximum atomic E-state index is 10.4. The van der Waals surface area contributed by atoms with Crippen LogP contribution in [0, 0.1) is 0 Å². The van der Waals surface area contributed by atoms with E-state index in [1.165, 1.54) is 9.71 Å². The number of thiazole rings is 1. The van der Waals surface area contributed by atoms with Crippen LogP contribution >= 0.6 is 11.3 Å². The van der Waals surface area contributed by atoms with E-state index in [2.05, 4.69) is 23.1 Å². The zero-order valence-electron chi connectivity index (χ0n) is 16.8. The number of aliphatic hydroxyl groups excluding tert-OH is 1. The van der Waals surface area contributed by atoms with Crippen molar-refractivity contribution in [2.24, 2.45) is 0 Å². The highest BCUT2D eigenvalue weighted by Crippen LogP contribution is 2.34. The molecule has 0 unspecified atom stereocenters. The maximum Gasteiger partial charge on any atom is 0.231 e. The van der Waals surface area contributed by atoms with Gasteiger partial charge in [-0.2, -0.15) is 0 Å². The minimum absolute atomic E-state index is 0.272. The monoisotopic (exact) mass is 426 g/mol. The summed E-state index contributed by atoms with van der Waals surface area (Å²) in [6, 6.07) is 14.1. The molecule has 1 fully saturated rings. The third kappa shape index (κ3) is 4.44. The fraction of sp³-hybridized carbons (Fsp3) is 0.435. The van der Waals surface area contributed by atoms with Gasteiger partial charge in [-0.05, 0) is 55.8 Å². The molecular formula is C23H26N2O4S. The van der Waals surface area contributed by atoms with Crippen molar-refractivity contribution in [3.8, 4) is 11.5 Å². The van der Waals surface area contributed by atoms with Crippen molar-refractivity contribution in [3.05, 3.63) is 53.0 Å². The molecule has 0 aliphatic carbocycles. The zero-order chi connectivity index (χ0) is 20.3. The van der Waals surface area contributed by atoms with Crippen LogP contribution in [-0.4, -0.2) is 54.1 Å². The van der Waals surface area contributed by atoms with Gasteiger partial charge in [0.25, 0.3) is 0 Å². The lowest BCUT2D eigenvalue weighted by atomic mass is 9.97. The highest BCUT2D eigenvalue weighted by Gasteiger charge is 2.24. The predicted octanol–water partition coefficient (Wildman–Crippen LogP) is 3.78. The molecule has 158 valence electrons. The van der Waals surface area contributed by atoms with E-state index < -0.39 is 6.10 Å². The van der Waals surface area contributed by atoms with Gasteiger partial charge >= 0.3 is 0 Å². The van der Waals surface area contributed by atoms with E-state index in [1.807, 2.05) is 35.6 Å². The van der Waals surface area contributed by atoms with Crippen LogP contribution in [0.5, 0.6) is 11.5 Å². The molecule has 0 amide bonds. The van der Waals surface area contributed by atoms with Gasteiger partial charge in [-0.1, -0.05) is 18.2 Å². The molecule has 2 aliphatic heterocycles. The maximum absolute atomic E-state index is 10.4. The summed E-state index contributed by atoms with van der Waals surface area (Å²) in [5.41, 5.74) is 2.12. The molecule has 1 aromatic heterocycles. The quantitative estimate of drug-likeness (QED) is 0.620. The van der Waals surface area contributed by atoms with E-state index in [0.717, 1.165) is 48.5 Å². The second kappa shape index (κ2) is 8.89. The van der Waals surface area contributed by atoms with E-state index in [4.69, 9.17) is 19.2 Å². The Labute approximate surface area is 180 Å². The number of β-amino-alcohol motifs (C(OH)–C–C–N with tert-alkyl or cyclic N) is 1. The van der Waals surface area contributed by atoms with Crippen molar-refractivity contribution < 1.29 is 19.3 Å². The van der Waals surface area contributed by atoms with Crippen molar-refractivity contribution in [3.63, 3.8) is 0 Å². The number of ether oxygens (including phenoxy) is 3. The number of benzene rings is 2. The van der Waals surface area contributed by atoms with Crippen LogP contribution in [0.2, 0.25) is 0 Å². The average Bonchev–Trinajstić information content (AvgIpc) is 3.40. The molecule has 1 N–H and O–H groups in total. The number of fused-ring (bicyclic) bond motifs is 2. The van der Waals surface area contributed by atoms with E-state index in [0.29, 0.717) is 25.7 Å². The molecule has 0 saturated carbocycles. The Hall–Kier alpha value is -2.19. The molecule has 3 aromatic rings. The lowest BCUT2D eigenvalue weighted by Gasteiger charge is -2.32. The molecule has 2 aromatic carbocycles. The first kappa shape index (κ1) is 19.8. The van der Waals surface area contributed by atoms with Crippen molar-refractivity contribution in [2.75, 3.05) is 33.0 Å². The molecule has 1 atom stereocenters. The Kier molecular flexibility index (Phi) is 5.86. The number of hydrogen-bond donors (Lipinski definition) is 1. The molecular weight excluding hydrogens is 400 g/mol. The number of nitrogens with zero attached hydrogens (tertiary/aromatic N) is 2. The fourth-order valence-corrected chi connectivity index (χ4v) is 5.26. The molecule has 3 heterocycles. The molecule has 0 bridgehead atoms. The van der Waals surface area contributed by atoms with Gasteiger partial charge in [0.1, 0.15) is 0 Å². The van der Waals surface area contributed by atoms with E-state index in [-0.39, 0.29) is 6.79 Å². The minimum atomic E-state index is -0.488. The van der Waals surface area contributed by atoms with Gasteiger partial charge in [0, 0.05) is 12.5 Å². The topological polar surface area (TPSA) is 64.1 Å². The van der Waals surface area contributed by atoms with Gasteiger partial charge in [-0.3, -0.25) is 0 Å². The Morgan fingerprint density at radius 1 is 1.13 bits per heavy atom. The summed E-state index contributed by atoms with van der Waals surface area (Å²) in [6.07, 6.45) is 1.69. The van der Waals surface area contributed by atoms with Crippen LogP contribution in [0.1, 0.15) is 29.3 Å². The van der Waals surface area contributed by atoms with Crippen molar-refractivity contribution in [1.29, 1.82) is 0 Å². The molecule has 0 radical (unpaired) electrons. The molecule has 30 heavy (non-hydrogen) atoms. The van der Waals surface area contributed by atoms with Gasteiger partial charge < -0.3 is 24.2 Å². The largest absolute Gasteiger partial charge is 0.454 e. The minimum Gasteiger partial charge on any atom is -0.454 e.